The van der Waals surface area contributed by atoms with Crippen LogP contribution in [0.4, 0.5) is 4.39 Å². The fourth-order valence-electron chi connectivity index (χ4n) is 1.54. The minimum Gasteiger partial charge on any atom is -0.469 e. The second-order valence-electron chi connectivity index (χ2n) is 3.83. The minimum absolute atomic E-state index is 0.112. The van der Waals surface area contributed by atoms with E-state index in [0.717, 1.165) is 0 Å². The van der Waals surface area contributed by atoms with Gasteiger partial charge in [0.05, 0.1) is 19.2 Å². The first-order chi connectivity index (χ1) is 8.61. The molecule has 0 unspecified atom stereocenters. The van der Waals surface area contributed by atoms with Crippen molar-refractivity contribution < 1.29 is 13.9 Å². The number of halogens is 1. The number of aromatic nitrogens is 1. The average Bonchev–Trinajstić information content (AvgIpc) is 2.80. The standard InChI is InChI=1S/C13H12FNO2S/c1-8-4-3-5-10(12(8)14)13-15-9(7-18-13)6-11(16)17-2/h3-5,7H,6H2,1-2H3. The number of ether oxygens (including phenoxy) is 1. The molecule has 0 fully saturated rings. The van der Waals surface area contributed by atoms with Gasteiger partial charge >= 0.3 is 5.97 Å². The van der Waals surface area contributed by atoms with E-state index in [1.54, 1.807) is 30.5 Å². The molecular formula is C13H12FNO2S. The van der Waals surface area contributed by atoms with Crippen LogP contribution in [0, 0.1) is 12.7 Å². The molecule has 2 aromatic rings. The van der Waals surface area contributed by atoms with Crippen LogP contribution in [0.15, 0.2) is 23.6 Å². The fourth-order valence-corrected chi connectivity index (χ4v) is 2.38. The molecule has 0 bridgehead atoms. The molecule has 0 aliphatic carbocycles. The zero-order chi connectivity index (χ0) is 13.1. The summed E-state index contributed by atoms with van der Waals surface area (Å²) >= 11 is 1.32. The maximum atomic E-state index is 13.9. The highest BCUT2D eigenvalue weighted by Gasteiger charge is 2.13. The van der Waals surface area contributed by atoms with Crippen molar-refractivity contribution in [3.05, 3.63) is 40.7 Å². The maximum absolute atomic E-state index is 13.9. The molecule has 2 rings (SSSR count). The van der Waals surface area contributed by atoms with Crippen molar-refractivity contribution in [2.45, 2.75) is 13.3 Å². The lowest BCUT2D eigenvalue weighted by atomic mass is 10.1. The van der Waals surface area contributed by atoms with E-state index in [2.05, 4.69) is 9.72 Å². The molecule has 0 amide bonds. The third-order valence-corrected chi connectivity index (χ3v) is 3.45. The summed E-state index contributed by atoms with van der Waals surface area (Å²) < 4.78 is 18.5. The molecule has 0 radical (unpaired) electrons. The zero-order valence-corrected chi connectivity index (χ0v) is 10.9. The summed E-state index contributed by atoms with van der Waals surface area (Å²) in [4.78, 5) is 15.4. The molecule has 18 heavy (non-hydrogen) atoms. The summed E-state index contributed by atoms with van der Waals surface area (Å²) in [5.74, 6) is -0.618. The highest BCUT2D eigenvalue weighted by molar-refractivity contribution is 7.13. The SMILES string of the molecule is COC(=O)Cc1csc(-c2cccc(C)c2F)n1. The minimum atomic E-state index is -0.350. The van der Waals surface area contributed by atoms with Crippen molar-refractivity contribution in [3.8, 4) is 10.6 Å². The second-order valence-corrected chi connectivity index (χ2v) is 4.69. The lowest BCUT2D eigenvalue weighted by Gasteiger charge is -2.01. The topological polar surface area (TPSA) is 39.2 Å². The number of rotatable bonds is 3. The molecule has 94 valence electrons. The van der Waals surface area contributed by atoms with Crippen molar-refractivity contribution in [1.29, 1.82) is 0 Å². The predicted molar refractivity (Wildman–Crippen MR) is 68.0 cm³/mol. The Morgan fingerprint density at radius 2 is 2.28 bits per heavy atom. The Bertz CT molecular complexity index is 580. The molecular weight excluding hydrogens is 253 g/mol. The molecule has 3 nitrogen and oxygen atoms in total. The largest absolute Gasteiger partial charge is 0.469 e. The number of aryl methyl sites for hydroxylation is 1. The Kier molecular flexibility index (Phi) is 3.72. The zero-order valence-electron chi connectivity index (χ0n) is 10.1. The third-order valence-electron chi connectivity index (χ3n) is 2.53. The Hall–Kier alpha value is -1.75. The van der Waals surface area contributed by atoms with Gasteiger partial charge in [-0.25, -0.2) is 9.37 Å². The first kappa shape index (κ1) is 12.7. The van der Waals surface area contributed by atoms with E-state index in [-0.39, 0.29) is 18.2 Å². The van der Waals surface area contributed by atoms with Gasteiger partial charge in [-0.15, -0.1) is 11.3 Å². The van der Waals surface area contributed by atoms with Gasteiger partial charge in [0, 0.05) is 10.9 Å². The van der Waals surface area contributed by atoms with Crippen LogP contribution in [0.3, 0.4) is 0 Å². The molecule has 0 atom stereocenters. The van der Waals surface area contributed by atoms with Crippen LogP contribution in [0.25, 0.3) is 10.6 Å². The van der Waals surface area contributed by atoms with Gasteiger partial charge < -0.3 is 4.74 Å². The number of hydrogen-bond donors (Lipinski definition) is 0. The molecule has 0 aliphatic heterocycles. The number of methoxy groups -OCH3 is 1. The number of carbonyl (C=O) groups excluding carboxylic acids is 1. The number of hydrogen-bond acceptors (Lipinski definition) is 4. The van der Waals surface area contributed by atoms with Crippen molar-refractivity contribution in [2.75, 3.05) is 7.11 Å². The van der Waals surface area contributed by atoms with Gasteiger partial charge in [0.15, 0.2) is 0 Å². The summed E-state index contributed by atoms with van der Waals surface area (Å²) in [6, 6.07) is 5.18. The Balaban J connectivity index is 2.29. The molecule has 1 aromatic carbocycles. The van der Waals surface area contributed by atoms with E-state index in [1.165, 1.54) is 18.4 Å². The summed E-state index contributed by atoms with van der Waals surface area (Å²) in [7, 11) is 1.33. The summed E-state index contributed by atoms with van der Waals surface area (Å²) in [5.41, 5.74) is 1.65. The van der Waals surface area contributed by atoms with Crippen molar-refractivity contribution in [1.82, 2.24) is 4.98 Å². The van der Waals surface area contributed by atoms with Gasteiger partial charge in [-0.2, -0.15) is 0 Å². The Morgan fingerprint density at radius 1 is 1.50 bits per heavy atom. The molecule has 0 saturated carbocycles. The lowest BCUT2D eigenvalue weighted by Crippen LogP contribution is -2.04. The molecule has 0 saturated heterocycles. The number of thiazole rings is 1. The van der Waals surface area contributed by atoms with E-state index in [4.69, 9.17) is 0 Å². The van der Waals surface area contributed by atoms with Gasteiger partial charge in [0.2, 0.25) is 0 Å². The van der Waals surface area contributed by atoms with Crippen LogP contribution < -0.4 is 0 Å². The molecule has 1 heterocycles. The monoisotopic (exact) mass is 265 g/mol. The molecule has 0 aliphatic rings. The van der Waals surface area contributed by atoms with E-state index in [1.807, 2.05) is 0 Å². The Labute approximate surface area is 108 Å². The summed E-state index contributed by atoms with van der Waals surface area (Å²) in [5, 5.41) is 2.32. The van der Waals surface area contributed by atoms with Crippen LogP contribution in [-0.4, -0.2) is 18.1 Å². The molecule has 5 heteroatoms. The number of nitrogens with zero attached hydrogens (tertiary/aromatic N) is 1. The van der Waals surface area contributed by atoms with E-state index < -0.39 is 0 Å². The quantitative estimate of drug-likeness (QED) is 0.801. The average molecular weight is 265 g/mol. The second kappa shape index (κ2) is 5.27. The fraction of sp³-hybridized carbons (Fsp3) is 0.231. The van der Waals surface area contributed by atoms with Gasteiger partial charge in [-0.05, 0) is 18.6 Å². The van der Waals surface area contributed by atoms with E-state index in [0.29, 0.717) is 21.8 Å². The van der Waals surface area contributed by atoms with Gasteiger partial charge in [0.1, 0.15) is 10.8 Å². The summed E-state index contributed by atoms with van der Waals surface area (Å²) in [6.07, 6.45) is 0.112. The molecule has 1 aromatic heterocycles. The van der Waals surface area contributed by atoms with Crippen LogP contribution in [-0.2, 0) is 16.0 Å². The maximum Gasteiger partial charge on any atom is 0.311 e. The third kappa shape index (κ3) is 2.56. The molecule has 0 spiro atoms. The van der Waals surface area contributed by atoms with Crippen LogP contribution in [0.2, 0.25) is 0 Å². The van der Waals surface area contributed by atoms with Gasteiger partial charge in [-0.1, -0.05) is 12.1 Å². The van der Waals surface area contributed by atoms with Gasteiger partial charge in [-0.3, -0.25) is 4.79 Å². The summed E-state index contributed by atoms with van der Waals surface area (Å²) in [6.45, 7) is 1.71. The normalized spacial score (nSPS) is 10.4. The molecule has 0 N–H and O–H groups in total. The van der Waals surface area contributed by atoms with E-state index >= 15 is 0 Å². The lowest BCUT2D eigenvalue weighted by molar-refractivity contribution is -0.139. The first-order valence-electron chi connectivity index (χ1n) is 5.38. The smallest absolute Gasteiger partial charge is 0.311 e. The van der Waals surface area contributed by atoms with Crippen LogP contribution in [0.5, 0.6) is 0 Å². The Morgan fingerprint density at radius 3 is 3.00 bits per heavy atom. The highest BCUT2D eigenvalue weighted by Crippen LogP contribution is 2.27. The van der Waals surface area contributed by atoms with Crippen LogP contribution in [0.1, 0.15) is 11.3 Å². The van der Waals surface area contributed by atoms with Gasteiger partial charge in [0.25, 0.3) is 0 Å². The predicted octanol–water partition coefficient (Wildman–Crippen LogP) is 2.97. The van der Waals surface area contributed by atoms with Crippen molar-refractivity contribution in [3.63, 3.8) is 0 Å². The number of carbonyl (C=O) groups is 1. The van der Waals surface area contributed by atoms with E-state index in [9.17, 15) is 9.18 Å². The number of esters is 1. The number of benzene rings is 1. The van der Waals surface area contributed by atoms with Crippen LogP contribution >= 0.6 is 11.3 Å². The van der Waals surface area contributed by atoms with Crippen molar-refractivity contribution >= 4 is 17.3 Å². The van der Waals surface area contributed by atoms with Crippen molar-refractivity contribution in [2.24, 2.45) is 0 Å². The highest BCUT2D eigenvalue weighted by atomic mass is 32.1. The first-order valence-corrected chi connectivity index (χ1v) is 6.26.